The number of carbonyl (C=O) groups excluding carboxylic acids is 2. The van der Waals surface area contributed by atoms with Crippen LogP contribution < -0.4 is 10.0 Å². The fourth-order valence-electron chi connectivity index (χ4n) is 3.09. The van der Waals surface area contributed by atoms with Crippen LogP contribution in [0.5, 0.6) is 0 Å². The van der Waals surface area contributed by atoms with Gasteiger partial charge in [0.25, 0.3) is 15.9 Å². The SMILES string of the molecule is CCN(Cc1ccccc1)C(=O)CNC(=O)c1cccc(NS(=O)(=O)c2ccccc2)c1. The van der Waals surface area contributed by atoms with Gasteiger partial charge in [0.1, 0.15) is 0 Å². The van der Waals surface area contributed by atoms with Crippen molar-refractivity contribution in [2.24, 2.45) is 0 Å². The average Bonchev–Trinajstić information content (AvgIpc) is 2.82. The van der Waals surface area contributed by atoms with Gasteiger partial charge in [0, 0.05) is 24.3 Å². The second-order valence-electron chi connectivity index (χ2n) is 7.08. The normalized spacial score (nSPS) is 10.9. The number of anilines is 1. The number of hydrogen-bond acceptors (Lipinski definition) is 4. The Hall–Kier alpha value is -3.65. The van der Waals surface area contributed by atoms with Gasteiger partial charge in [-0.05, 0) is 42.8 Å². The Morgan fingerprint density at radius 2 is 1.53 bits per heavy atom. The van der Waals surface area contributed by atoms with E-state index in [9.17, 15) is 18.0 Å². The molecule has 32 heavy (non-hydrogen) atoms. The van der Waals surface area contributed by atoms with Gasteiger partial charge in [-0.2, -0.15) is 0 Å². The van der Waals surface area contributed by atoms with Crippen molar-refractivity contribution in [1.82, 2.24) is 10.2 Å². The Morgan fingerprint density at radius 3 is 2.19 bits per heavy atom. The topological polar surface area (TPSA) is 95.6 Å². The Balaban J connectivity index is 1.61. The van der Waals surface area contributed by atoms with Crippen molar-refractivity contribution in [2.75, 3.05) is 17.8 Å². The van der Waals surface area contributed by atoms with Gasteiger partial charge in [0.15, 0.2) is 0 Å². The molecule has 3 aromatic carbocycles. The van der Waals surface area contributed by atoms with Crippen LogP contribution in [0.2, 0.25) is 0 Å². The molecule has 0 aromatic heterocycles. The van der Waals surface area contributed by atoms with Crippen LogP contribution >= 0.6 is 0 Å². The van der Waals surface area contributed by atoms with Gasteiger partial charge in [-0.25, -0.2) is 8.42 Å². The minimum atomic E-state index is -3.77. The number of likely N-dealkylation sites (N-methyl/N-ethyl adjacent to an activating group) is 1. The summed E-state index contributed by atoms with van der Waals surface area (Å²) in [6, 6.07) is 23.7. The van der Waals surface area contributed by atoms with Gasteiger partial charge in [-0.15, -0.1) is 0 Å². The van der Waals surface area contributed by atoms with E-state index in [1.165, 1.54) is 18.2 Å². The van der Waals surface area contributed by atoms with Crippen LogP contribution in [0.15, 0.2) is 89.8 Å². The molecule has 0 aliphatic carbocycles. The molecule has 0 spiro atoms. The molecule has 0 unspecified atom stereocenters. The van der Waals surface area contributed by atoms with E-state index in [-0.39, 0.29) is 28.6 Å². The van der Waals surface area contributed by atoms with E-state index in [4.69, 9.17) is 0 Å². The van der Waals surface area contributed by atoms with Gasteiger partial charge in [-0.1, -0.05) is 54.6 Å². The van der Waals surface area contributed by atoms with Crippen LogP contribution in [0, 0.1) is 0 Å². The molecule has 2 N–H and O–H groups in total. The zero-order chi connectivity index (χ0) is 23.0. The monoisotopic (exact) mass is 451 g/mol. The van der Waals surface area contributed by atoms with Gasteiger partial charge in [0.2, 0.25) is 5.91 Å². The summed E-state index contributed by atoms with van der Waals surface area (Å²) in [5.41, 5.74) is 1.51. The summed E-state index contributed by atoms with van der Waals surface area (Å²) in [6.45, 7) is 2.70. The number of rotatable bonds is 9. The molecule has 0 saturated heterocycles. The van der Waals surface area contributed by atoms with Gasteiger partial charge in [0.05, 0.1) is 11.4 Å². The van der Waals surface area contributed by atoms with E-state index in [1.807, 2.05) is 37.3 Å². The standard InChI is InChI=1S/C24H25N3O4S/c1-2-27(18-19-10-5-3-6-11-19)23(28)17-25-24(29)20-12-9-13-21(16-20)26-32(30,31)22-14-7-4-8-15-22/h3-16,26H,2,17-18H2,1H3,(H,25,29). The highest BCUT2D eigenvalue weighted by Crippen LogP contribution is 2.17. The highest BCUT2D eigenvalue weighted by atomic mass is 32.2. The largest absolute Gasteiger partial charge is 0.343 e. The molecule has 0 radical (unpaired) electrons. The molecule has 3 rings (SSSR count). The lowest BCUT2D eigenvalue weighted by Crippen LogP contribution is -2.39. The lowest BCUT2D eigenvalue weighted by atomic mass is 10.2. The first kappa shape index (κ1) is 23.0. The zero-order valence-electron chi connectivity index (χ0n) is 17.7. The van der Waals surface area contributed by atoms with Crippen LogP contribution in [0.4, 0.5) is 5.69 Å². The molecule has 166 valence electrons. The molecular formula is C24H25N3O4S. The molecule has 0 bridgehead atoms. The van der Waals surface area contributed by atoms with Crippen LogP contribution in [0.25, 0.3) is 0 Å². The highest BCUT2D eigenvalue weighted by Gasteiger charge is 2.16. The lowest BCUT2D eigenvalue weighted by Gasteiger charge is -2.21. The molecule has 0 saturated carbocycles. The summed E-state index contributed by atoms with van der Waals surface area (Å²) < 4.78 is 27.5. The van der Waals surface area contributed by atoms with Crippen LogP contribution in [0.1, 0.15) is 22.8 Å². The zero-order valence-corrected chi connectivity index (χ0v) is 18.5. The third-order valence-electron chi connectivity index (χ3n) is 4.78. The number of hydrogen-bond donors (Lipinski definition) is 2. The summed E-state index contributed by atoms with van der Waals surface area (Å²) in [7, 11) is -3.77. The number of sulfonamides is 1. The van der Waals surface area contributed by atoms with E-state index in [2.05, 4.69) is 10.0 Å². The van der Waals surface area contributed by atoms with Crippen molar-refractivity contribution in [2.45, 2.75) is 18.4 Å². The highest BCUT2D eigenvalue weighted by molar-refractivity contribution is 7.92. The Bertz CT molecular complexity index is 1170. The van der Waals surface area contributed by atoms with Gasteiger partial charge in [-0.3, -0.25) is 14.3 Å². The summed E-state index contributed by atoms with van der Waals surface area (Å²) in [5.74, 6) is -0.666. The fraction of sp³-hybridized carbons (Fsp3) is 0.167. The molecule has 0 heterocycles. The van der Waals surface area contributed by atoms with Crippen LogP contribution in [-0.4, -0.2) is 38.2 Å². The Labute approximate surface area is 188 Å². The third-order valence-corrected chi connectivity index (χ3v) is 6.18. The van der Waals surface area contributed by atoms with E-state index >= 15 is 0 Å². The van der Waals surface area contributed by atoms with Crippen molar-refractivity contribution in [3.8, 4) is 0 Å². The van der Waals surface area contributed by atoms with Crippen molar-refractivity contribution in [1.29, 1.82) is 0 Å². The summed E-state index contributed by atoms with van der Waals surface area (Å²) in [5, 5.41) is 2.61. The van der Waals surface area contributed by atoms with Crippen LogP contribution in [0.3, 0.4) is 0 Å². The van der Waals surface area contributed by atoms with Gasteiger partial charge >= 0.3 is 0 Å². The first-order valence-corrected chi connectivity index (χ1v) is 11.6. The smallest absolute Gasteiger partial charge is 0.261 e. The van der Waals surface area contributed by atoms with E-state index in [0.29, 0.717) is 13.1 Å². The number of carbonyl (C=O) groups is 2. The van der Waals surface area contributed by atoms with Crippen molar-refractivity contribution >= 4 is 27.5 Å². The van der Waals surface area contributed by atoms with Crippen molar-refractivity contribution in [3.05, 3.63) is 96.1 Å². The second kappa shape index (κ2) is 10.6. The maximum Gasteiger partial charge on any atom is 0.261 e. The van der Waals surface area contributed by atoms with E-state index in [1.54, 1.807) is 41.3 Å². The third kappa shape index (κ3) is 6.18. The Morgan fingerprint density at radius 1 is 0.875 bits per heavy atom. The maximum atomic E-state index is 12.5. The van der Waals surface area contributed by atoms with E-state index in [0.717, 1.165) is 5.56 Å². The molecule has 0 aliphatic rings. The summed E-state index contributed by atoms with van der Waals surface area (Å²) >= 11 is 0. The Kier molecular flexibility index (Phi) is 7.62. The summed E-state index contributed by atoms with van der Waals surface area (Å²) in [6.07, 6.45) is 0. The first-order chi connectivity index (χ1) is 15.4. The predicted octanol–water partition coefficient (Wildman–Crippen LogP) is 3.27. The maximum absolute atomic E-state index is 12.5. The van der Waals surface area contributed by atoms with Crippen LogP contribution in [-0.2, 0) is 21.4 Å². The quantitative estimate of drug-likeness (QED) is 0.522. The molecule has 0 fully saturated rings. The summed E-state index contributed by atoms with van der Waals surface area (Å²) in [4.78, 5) is 26.9. The number of nitrogens with one attached hydrogen (secondary N) is 2. The molecule has 0 aliphatic heterocycles. The first-order valence-electron chi connectivity index (χ1n) is 10.2. The number of benzene rings is 3. The predicted molar refractivity (Wildman–Crippen MR) is 124 cm³/mol. The molecule has 8 heteroatoms. The average molecular weight is 452 g/mol. The second-order valence-corrected chi connectivity index (χ2v) is 8.76. The number of amides is 2. The molecule has 7 nitrogen and oxygen atoms in total. The number of nitrogens with zero attached hydrogens (tertiary/aromatic N) is 1. The van der Waals surface area contributed by atoms with Gasteiger partial charge < -0.3 is 10.2 Å². The minimum absolute atomic E-state index is 0.124. The van der Waals surface area contributed by atoms with Crippen molar-refractivity contribution in [3.63, 3.8) is 0 Å². The molecule has 2 amide bonds. The molecular weight excluding hydrogens is 426 g/mol. The van der Waals surface area contributed by atoms with Crippen molar-refractivity contribution < 1.29 is 18.0 Å². The lowest BCUT2D eigenvalue weighted by molar-refractivity contribution is -0.130. The molecule has 3 aromatic rings. The minimum Gasteiger partial charge on any atom is -0.343 e. The fourth-order valence-corrected chi connectivity index (χ4v) is 4.16. The van der Waals surface area contributed by atoms with E-state index < -0.39 is 15.9 Å². The molecule has 0 atom stereocenters.